The van der Waals surface area contributed by atoms with Crippen molar-refractivity contribution in [1.82, 2.24) is 9.88 Å². The zero-order valence-electron chi connectivity index (χ0n) is 18.0. The van der Waals surface area contributed by atoms with Crippen LogP contribution in [0.3, 0.4) is 0 Å². The first-order valence-electron chi connectivity index (χ1n) is 11.3. The monoisotopic (exact) mass is 433 g/mol. The number of halogens is 1. The van der Waals surface area contributed by atoms with Gasteiger partial charge in [-0.05, 0) is 92.6 Å². The third-order valence-corrected chi connectivity index (χ3v) is 6.93. The summed E-state index contributed by atoms with van der Waals surface area (Å²) >= 11 is 6.25. The minimum absolute atomic E-state index is 0.0782. The SMILES string of the molecule is CC1CCN(Cc2ccc(NC(=O)c3c4c(nc5ccc(Cl)cc35)CCC4)cc2)CC1. The molecule has 160 valence electrons. The number of nitrogens with one attached hydrogen (secondary N) is 1. The second-order valence-corrected chi connectivity index (χ2v) is 9.47. The number of aryl methyl sites for hydroxylation is 1. The number of aromatic nitrogens is 1. The summed E-state index contributed by atoms with van der Waals surface area (Å²) in [5, 5.41) is 4.57. The van der Waals surface area contributed by atoms with Gasteiger partial charge in [0.2, 0.25) is 0 Å². The number of carbonyl (C=O) groups is 1. The van der Waals surface area contributed by atoms with Crippen molar-refractivity contribution >= 4 is 34.1 Å². The van der Waals surface area contributed by atoms with Crippen molar-refractivity contribution < 1.29 is 4.79 Å². The van der Waals surface area contributed by atoms with Gasteiger partial charge >= 0.3 is 0 Å². The van der Waals surface area contributed by atoms with E-state index in [2.05, 4.69) is 29.3 Å². The normalized spacial score (nSPS) is 17.1. The minimum atomic E-state index is -0.0782. The average molecular weight is 434 g/mol. The summed E-state index contributed by atoms with van der Waals surface area (Å²) in [6.07, 6.45) is 5.42. The third-order valence-electron chi connectivity index (χ3n) is 6.70. The smallest absolute Gasteiger partial charge is 0.256 e. The highest BCUT2D eigenvalue weighted by Gasteiger charge is 2.24. The van der Waals surface area contributed by atoms with Crippen LogP contribution < -0.4 is 5.32 Å². The maximum Gasteiger partial charge on any atom is 0.256 e. The molecular weight excluding hydrogens is 406 g/mol. The standard InChI is InChI=1S/C26H28ClN3O/c1-17-11-13-30(14-12-17)16-18-5-8-20(9-6-18)28-26(31)25-21-3-2-4-23(21)29-24-10-7-19(27)15-22(24)25/h5-10,15,17H,2-4,11-14,16H2,1H3,(H,28,31). The van der Waals surface area contributed by atoms with Crippen LogP contribution in [-0.2, 0) is 19.4 Å². The predicted molar refractivity (Wildman–Crippen MR) is 127 cm³/mol. The number of nitrogens with zero attached hydrogens (tertiary/aromatic N) is 2. The van der Waals surface area contributed by atoms with Crippen LogP contribution in [-0.4, -0.2) is 28.9 Å². The number of anilines is 1. The summed E-state index contributed by atoms with van der Waals surface area (Å²) in [6.45, 7) is 5.65. The molecule has 2 aromatic carbocycles. The topological polar surface area (TPSA) is 45.2 Å². The van der Waals surface area contributed by atoms with Gasteiger partial charge in [-0.25, -0.2) is 0 Å². The number of hydrogen-bond acceptors (Lipinski definition) is 3. The molecule has 1 aromatic heterocycles. The Balaban J connectivity index is 1.36. The lowest BCUT2D eigenvalue weighted by Gasteiger charge is -2.30. The van der Waals surface area contributed by atoms with Crippen molar-refractivity contribution in [1.29, 1.82) is 0 Å². The minimum Gasteiger partial charge on any atom is -0.322 e. The number of benzene rings is 2. The fourth-order valence-electron chi connectivity index (χ4n) is 4.86. The lowest BCUT2D eigenvalue weighted by molar-refractivity contribution is 0.102. The van der Waals surface area contributed by atoms with Gasteiger partial charge in [0.05, 0.1) is 11.1 Å². The highest BCUT2D eigenvalue weighted by molar-refractivity contribution is 6.31. The van der Waals surface area contributed by atoms with Crippen LogP contribution in [0.25, 0.3) is 10.9 Å². The van der Waals surface area contributed by atoms with Gasteiger partial charge in [-0.15, -0.1) is 0 Å². The van der Waals surface area contributed by atoms with E-state index in [9.17, 15) is 4.79 Å². The summed E-state index contributed by atoms with van der Waals surface area (Å²) in [4.78, 5) is 20.6. The molecule has 1 aliphatic carbocycles. The van der Waals surface area contributed by atoms with E-state index in [0.717, 1.165) is 65.1 Å². The van der Waals surface area contributed by atoms with Gasteiger partial charge in [0.1, 0.15) is 0 Å². The first-order chi connectivity index (χ1) is 15.1. The maximum absolute atomic E-state index is 13.3. The molecule has 1 N–H and O–H groups in total. The van der Waals surface area contributed by atoms with Crippen LogP contribution in [0.1, 0.15) is 53.4 Å². The number of hydrogen-bond donors (Lipinski definition) is 1. The van der Waals surface area contributed by atoms with Gasteiger partial charge in [0.15, 0.2) is 0 Å². The molecule has 1 saturated heterocycles. The molecule has 0 bridgehead atoms. The highest BCUT2D eigenvalue weighted by Crippen LogP contribution is 2.32. The second-order valence-electron chi connectivity index (χ2n) is 9.04. The zero-order chi connectivity index (χ0) is 21.4. The Kier molecular flexibility index (Phi) is 5.68. The molecule has 2 heterocycles. The summed E-state index contributed by atoms with van der Waals surface area (Å²) in [5.74, 6) is 0.764. The number of amides is 1. The Morgan fingerprint density at radius 1 is 1.13 bits per heavy atom. The molecule has 2 aliphatic rings. The van der Waals surface area contributed by atoms with E-state index >= 15 is 0 Å². The summed E-state index contributed by atoms with van der Waals surface area (Å²) in [5.41, 5.74) is 5.79. The Morgan fingerprint density at radius 3 is 2.68 bits per heavy atom. The first kappa shape index (κ1) is 20.5. The Bertz CT molecular complexity index is 1120. The Hall–Kier alpha value is -2.43. The molecule has 5 rings (SSSR count). The third kappa shape index (κ3) is 4.32. The maximum atomic E-state index is 13.3. The molecule has 0 radical (unpaired) electrons. The van der Waals surface area contributed by atoms with Gasteiger partial charge in [0.25, 0.3) is 5.91 Å². The Morgan fingerprint density at radius 2 is 1.90 bits per heavy atom. The van der Waals surface area contributed by atoms with E-state index in [1.54, 1.807) is 0 Å². The lowest BCUT2D eigenvalue weighted by Crippen LogP contribution is -2.32. The quantitative estimate of drug-likeness (QED) is 0.560. The molecule has 0 spiro atoms. The van der Waals surface area contributed by atoms with Crippen molar-refractivity contribution in [2.75, 3.05) is 18.4 Å². The molecule has 1 amide bonds. The van der Waals surface area contributed by atoms with Crippen LogP contribution >= 0.6 is 11.6 Å². The van der Waals surface area contributed by atoms with Gasteiger partial charge in [-0.3, -0.25) is 14.7 Å². The summed E-state index contributed by atoms with van der Waals surface area (Å²) in [7, 11) is 0. The van der Waals surface area contributed by atoms with Gasteiger partial charge in [-0.1, -0.05) is 30.7 Å². The van der Waals surface area contributed by atoms with E-state index < -0.39 is 0 Å². The van der Waals surface area contributed by atoms with Crippen molar-refractivity contribution in [3.63, 3.8) is 0 Å². The number of fused-ring (bicyclic) bond motifs is 2. The molecule has 0 unspecified atom stereocenters. The highest BCUT2D eigenvalue weighted by atomic mass is 35.5. The van der Waals surface area contributed by atoms with E-state index in [1.165, 1.54) is 31.5 Å². The number of pyridine rings is 1. The number of likely N-dealkylation sites (tertiary alicyclic amines) is 1. The van der Waals surface area contributed by atoms with E-state index in [-0.39, 0.29) is 5.91 Å². The van der Waals surface area contributed by atoms with Gasteiger partial charge in [0, 0.05) is 28.3 Å². The summed E-state index contributed by atoms with van der Waals surface area (Å²) < 4.78 is 0. The molecule has 0 saturated carbocycles. The first-order valence-corrected chi connectivity index (χ1v) is 11.7. The number of piperidine rings is 1. The molecule has 1 aliphatic heterocycles. The van der Waals surface area contributed by atoms with Crippen LogP contribution in [0.2, 0.25) is 5.02 Å². The molecular formula is C26H28ClN3O. The molecule has 1 fully saturated rings. The summed E-state index contributed by atoms with van der Waals surface area (Å²) in [6, 6.07) is 13.9. The van der Waals surface area contributed by atoms with Gasteiger partial charge < -0.3 is 5.32 Å². The van der Waals surface area contributed by atoms with Crippen molar-refractivity contribution in [3.05, 3.63) is 69.9 Å². The largest absolute Gasteiger partial charge is 0.322 e. The fraction of sp³-hybridized carbons (Fsp3) is 0.385. The van der Waals surface area contributed by atoms with Crippen molar-refractivity contribution in [2.45, 2.75) is 45.6 Å². The van der Waals surface area contributed by atoms with Crippen LogP contribution in [0, 0.1) is 5.92 Å². The van der Waals surface area contributed by atoms with Crippen LogP contribution in [0.15, 0.2) is 42.5 Å². The lowest BCUT2D eigenvalue weighted by atomic mass is 9.99. The molecule has 4 nitrogen and oxygen atoms in total. The number of rotatable bonds is 4. The molecule has 5 heteroatoms. The van der Waals surface area contributed by atoms with Crippen LogP contribution in [0.5, 0.6) is 0 Å². The van der Waals surface area contributed by atoms with Crippen molar-refractivity contribution in [2.24, 2.45) is 5.92 Å². The van der Waals surface area contributed by atoms with E-state index in [1.807, 2.05) is 30.3 Å². The van der Waals surface area contributed by atoms with Gasteiger partial charge in [-0.2, -0.15) is 0 Å². The average Bonchev–Trinajstić information content (AvgIpc) is 3.23. The van der Waals surface area contributed by atoms with E-state index in [4.69, 9.17) is 16.6 Å². The van der Waals surface area contributed by atoms with Crippen molar-refractivity contribution in [3.8, 4) is 0 Å². The molecule has 0 atom stereocenters. The Labute approximate surface area is 188 Å². The van der Waals surface area contributed by atoms with E-state index in [0.29, 0.717) is 5.02 Å². The zero-order valence-corrected chi connectivity index (χ0v) is 18.7. The van der Waals surface area contributed by atoms with Crippen LogP contribution in [0.4, 0.5) is 5.69 Å². The molecule has 31 heavy (non-hydrogen) atoms. The fourth-order valence-corrected chi connectivity index (χ4v) is 5.03. The molecule has 3 aromatic rings. The second kappa shape index (κ2) is 8.60. The predicted octanol–water partition coefficient (Wildman–Crippen LogP) is 5.86. The number of carbonyl (C=O) groups excluding carboxylic acids is 1.